The summed E-state index contributed by atoms with van der Waals surface area (Å²) in [6, 6.07) is 22.1. The molecule has 33 heavy (non-hydrogen) atoms. The van der Waals surface area contributed by atoms with Crippen LogP contribution in [0.1, 0.15) is 42.4 Å². The minimum Gasteiger partial charge on any atom is -0.341 e. The Hall–Kier alpha value is -3.54. The van der Waals surface area contributed by atoms with Crippen LogP contribution in [0.15, 0.2) is 72.9 Å². The summed E-state index contributed by atoms with van der Waals surface area (Å²) in [6.45, 7) is 2.18. The summed E-state index contributed by atoms with van der Waals surface area (Å²) in [7, 11) is 0. The lowest BCUT2D eigenvalue weighted by Gasteiger charge is -2.33. The van der Waals surface area contributed by atoms with Crippen molar-refractivity contribution in [3.63, 3.8) is 0 Å². The van der Waals surface area contributed by atoms with E-state index in [1.807, 2.05) is 65.7 Å². The van der Waals surface area contributed by atoms with Crippen LogP contribution in [0, 0.1) is 0 Å². The fourth-order valence-electron chi connectivity index (χ4n) is 4.89. The van der Waals surface area contributed by atoms with E-state index < -0.39 is 0 Å². The SMILES string of the molecule is O=C(CN1CC(c2ccccc2)CC1=O)N1CCC(c2ccnc(-c3ccccc3)n2)CC1. The predicted octanol–water partition coefficient (Wildman–Crippen LogP) is 3.87. The van der Waals surface area contributed by atoms with Crippen LogP contribution >= 0.6 is 0 Å². The van der Waals surface area contributed by atoms with E-state index in [0.29, 0.717) is 32.0 Å². The molecule has 2 aromatic carbocycles. The molecule has 0 radical (unpaired) electrons. The van der Waals surface area contributed by atoms with Crippen molar-refractivity contribution in [1.82, 2.24) is 19.8 Å². The van der Waals surface area contributed by atoms with Gasteiger partial charge in [0, 0.05) is 55.3 Å². The summed E-state index contributed by atoms with van der Waals surface area (Å²) in [6.07, 6.45) is 4.05. The number of nitrogens with zero attached hydrogens (tertiary/aromatic N) is 4. The summed E-state index contributed by atoms with van der Waals surface area (Å²) in [5.41, 5.74) is 3.22. The van der Waals surface area contributed by atoms with Gasteiger partial charge in [-0.05, 0) is 24.5 Å². The van der Waals surface area contributed by atoms with Gasteiger partial charge in [-0.1, -0.05) is 60.7 Å². The number of benzene rings is 2. The summed E-state index contributed by atoms with van der Waals surface area (Å²) in [4.78, 5) is 38.3. The maximum atomic E-state index is 12.9. The fourth-order valence-corrected chi connectivity index (χ4v) is 4.89. The lowest BCUT2D eigenvalue weighted by molar-refractivity contribution is -0.139. The quantitative estimate of drug-likeness (QED) is 0.604. The van der Waals surface area contributed by atoms with Gasteiger partial charge in [-0.25, -0.2) is 9.97 Å². The number of rotatable bonds is 5. The number of hydrogen-bond donors (Lipinski definition) is 0. The second kappa shape index (κ2) is 9.53. The molecule has 168 valence electrons. The molecule has 1 atom stereocenters. The number of piperidine rings is 1. The van der Waals surface area contributed by atoms with Gasteiger partial charge in [0.1, 0.15) is 0 Å². The Morgan fingerprint density at radius 1 is 0.909 bits per heavy atom. The van der Waals surface area contributed by atoms with Gasteiger partial charge in [0.05, 0.1) is 6.54 Å². The van der Waals surface area contributed by atoms with Crippen LogP contribution < -0.4 is 0 Å². The van der Waals surface area contributed by atoms with Crippen LogP contribution in [0.2, 0.25) is 0 Å². The highest BCUT2D eigenvalue weighted by atomic mass is 16.2. The highest BCUT2D eigenvalue weighted by molar-refractivity contribution is 5.86. The third kappa shape index (κ3) is 4.80. The maximum absolute atomic E-state index is 12.9. The van der Waals surface area contributed by atoms with Crippen molar-refractivity contribution < 1.29 is 9.59 Å². The molecule has 0 N–H and O–H groups in total. The second-order valence-corrected chi connectivity index (χ2v) is 8.91. The average molecular weight is 441 g/mol. The molecule has 0 aliphatic carbocycles. The Bertz CT molecular complexity index is 1110. The molecule has 1 unspecified atom stereocenters. The normalized spacial score (nSPS) is 19.2. The van der Waals surface area contributed by atoms with E-state index in [1.54, 1.807) is 4.90 Å². The highest BCUT2D eigenvalue weighted by Gasteiger charge is 2.33. The van der Waals surface area contributed by atoms with Crippen LogP contribution in [0.5, 0.6) is 0 Å². The molecule has 0 spiro atoms. The van der Waals surface area contributed by atoms with Crippen molar-refractivity contribution in [2.45, 2.75) is 31.1 Å². The van der Waals surface area contributed by atoms with Crippen molar-refractivity contribution in [2.24, 2.45) is 0 Å². The molecule has 6 heteroatoms. The molecule has 0 saturated carbocycles. The van der Waals surface area contributed by atoms with Crippen molar-refractivity contribution in [3.8, 4) is 11.4 Å². The summed E-state index contributed by atoms with van der Waals surface area (Å²) < 4.78 is 0. The van der Waals surface area contributed by atoms with Gasteiger partial charge >= 0.3 is 0 Å². The van der Waals surface area contributed by atoms with Gasteiger partial charge < -0.3 is 9.80 Å². The number of carbonyl (C=O) groups is 2. The van der Waals surface area contributed by atoms with E-state index in [0.717, 1.165) is 29.9 Å². The fraction of sp³-hybridized carbons (Fsp3) is 0.333. The monoisotopic (exact) mass is 440 g/mol. The zero-order chi connectivity index (χ0) is 22.6. The molecule has 2 aliphatic heterocycles. The lowest BCUT2D eigenvalue weighted by atomic mass is 9.93. The Balaban J connectivity index is 1.16. The van der Waals surface area contributed by atoms with Crippen LogP contribution in [-0.2, 0) is 9.59 Å². The van der Waals surface area contributed by atoms with E-state index in [-0.39, 0.29) is 24.3 Å². The van der Waals surface area contributed by atoms with Crippen LogP contribution in [0.3, 0.4) is 0 Å². The van der Waals surface area contributed by atoms with Crippen LogP contribution in [0.4, 0.5) is 0 Å². The lowest BCUT2D eigenvalue weighted by Crippen LogP contribution is -2.44. The van der Waals surface area contributed by atoms with E-state index in [1.165, 1.54) is 5.56 Å². The predicted molar refractivity (Wildman–Crippen MR) is 126 cm³/mol. The topological polar surface area (TPSA) is 66.4 Å². The molecular weight excluding hydrogens is 412 g/mol. The first-order valence-electron chi connectivity index (χ1n) is 11.7. The van der Waals surface area contributed by atoms with Gasteiger partial charge in [-0.15, -0.1) is 0 Å². The number of amides is 2. The zero-order valence-electron chi connectivity index (χ0n) is 18.6. The highest BCUT2D eigenvalue weighted by Crippen LogP contribution is 2.30. The first kappa shape index (κ1) is 21.3. The number of aromatic nitrogens is 2. The number of likely N-dealkylation sites (tertiary alicyclic amines) is 2. The van der Waals surface area contributed by atoms with Gasteiger partial charge in [0.25, 0.3) is 0 Å². The summed E-state index contributed by atoms with van der Waals surface area (Å²) in [5.74, 6) is 1.35. The first-order chi connectivity index (χ1) is 16.2. The minimum atomic E-state index is 0.0446. The van der Waals surface area contributed by atoms with E-state index >= 15 is 0 Å². The molecule has 2 aliphatic rings. The molecular formula is C27H28N4O2. The standard InChI is InChI=1S/C27H28N4O2/c32-25-17-23(20-7-3-1-4-8-20)18-31(25)19-26(33)30-15-12-21(13-16-30)24-11-14-28-27(29-24)22-9-5-2-6-10-22/h1-11,14,21,23H,12-13,15-19H2. The molecule has 1 aromatic heterocycles. The minimum absolute atomic E-state index is 0.0446. The molecule has 3 aromatic rings. The molecule has 0 bridgehead atoms. The molecule has 5 rings (SSSR count). The first-order valence-corrected chi connectivity index (χ1v) is 11.7. The Kier molecular flexibility index (Phi) is 6.15. The molecule has 2 amide bonds. The Morgan fingerprint density at radius 2 is 1.61 bits per heavy atom. The molecule has 2 saturated heterocycles. The van der Waals surface area contributed by atoms with E-state index in [4.69, 9.17) is 4.98 Å². The third-order valence-electron chi connectivity index (χ3n) is 6.79. The third-order valence-corrected chi connectivity index (χ3v) is 6.79. The Labute approximate surface area is 194 Å². The summed E-state index contributed by atoms with van der Waals surface area (Å²) in [5, 5.41) is 0. The maximum Gasteiger partial charge on any atom is 0.242 e. The van der Waals surface area contributed by atoms with Gasteiger partial charge in [-0.2, -0.15) is 0 Å². The largest absolute Gasteiger partial charge is 0.341 e. The smallest absolute Gasteiger partial charge is 0.242 e. The van der Waals surface area contributed by atoms with Crippen molar-refractivity contribution in [3.05, 3.63) is 84.2 Å². The van der Waals surface area contributed by atoms with Crippen molar-refractivity contribution in [1.29, 1.82) is 0 Å². The molecule has 3 heterocycles. The van der Waals surface area contributed by atoms with E-state index in [9.17, 15) is 9.59 Å². The van der Waals surface area contributed by atoms with Crippen LogP contribution in [-0.4, -0.2) is 57.8 Å². The van der Waals surface area contributed by atoms with Crippen LogP contribution in [0.25, 0.3) is 11.4 Å². The van der Waals surface area contributed by atoms with Crippen molar-refractivity contribution >= 4 is 11.8 Å². The van der Waals surface area contributed by atoms with Crippen molar-refractivity contribution in [2.75, 3.05) is 26.2 Å². The number of carbonyl (C=O) groups excluding carboxylic acids is 2. The van der Waals surface area contributed by atoms with E-state index in [2.05, 4.69) is 17.1 Å². The zero-order valence-corrected chi connectivity index (χ0v) is 18.6. The van der Waals surface area contributed by atoms with Gasteiger partial charge in [-0.3, -0.25) is 9.59 Å². The van der Waals surface area contributed by atoms with Gasteiger partial charge in [0.2, 0.25) is 11.8 Å². The van der Waals surface area contributed by atoms with Gasteiger partial charge in [0.15, 0.2) is 5.82 Å². The Morgan fingerprint density at radius 3 is 2.33 bits per heavy atom. The molecule has 2 fully saturated rings. The average Bonchev–Trinajstić information content (AvgIpc) is 3.25. The second-order valence-electron chi connectivity index (χ2n) is 8.91. The number of hydrogen-bond acceptors (Lipinski definition) is 4. The molecule has 6 nitrogen and oxygen atoms in total. The summed E-state index contributed by atoms with van der Waals surface area (Å²) >= 11 is 0.